The summed E-state index contributed by atoms with van der Waals surface area (Å²) in [5, 5.41) is 5.73. The van der Waals surface area contributed by atoms with Gasteiger partial charge in [-0.05, 0) is 47.7 Å². The molecule has 0 saturated carbocycles. The first-order valence-corrected chi connectivity index (χ1v) is 8.74. The summed E-state index contributed by atoms with van der Waals surface area (Å²) in [4.78, 5) is 14.8. The Morgan fingerprint density at radius 3 is 2.91 bits per heavy atom. The lowest BCUT2D eigenvalue weighted by molar-refractivity contribution is 0.0917. The van der Waals surface area contributed by atoms with Gasteiger partial charge in [-0.1, -0.05) is 19.0 Å². The smallest absolute Gasteiger partial charge is 0.160 e. The van der Waals surface area contributed by atoms with Gasteiger partial charge in [-0.2, -0.15) is 0 Å². The molecule has 1 aliphatic rings. The van der Waals surface area contributed by atoms with E-state index >= 15 is 0 Å². The first-order valence-electron chi connectivity index (χ1n) is 7.86. The van der Waals surface area contributed by atoms with E-state index in [4.69, 9.17) is 16.0 Å². The maximum absolute atomic E-state index is 11.2. The molecule has 1 aromatic rings. The lowest BCUT2D eigenvalue weighted by Crippen LogP contribution is -2.28. The molecule has 0 bridgehead atoms. The second-order valence-corrected chi connectivity index (χ2v) is 6.60. The Morgan fingerprint density at radius 2 is 2.30 bits per heavy atom. The third-order valence-electron chi connectivity index (χ3n) is 4.31. The molecule has 1 heterocycles. The Hall–Kier alpha value is -1.98. The van der Waals surface area contributed by atoms with E-state index in [-0.39, 0.29) is 12.0 Å². The van der Waals surface area contributed by atoms with Gasteiger partial charge in [0.2, 0.25) is 0 Å². The van der Waals surface area contributed by atoms with E-state index in [2.05, 4.69) is 23.9 Å². The van der Waals surface area contributed by atoms with E-state index in [1.165, 1.54) is 11.3 Å². The maximum Gasteiger partial charge on any atom is 0.160 e. The fourth-order valence-electron chi connectivity index (χ4n) is 2.95. The molecule has 0 radical (unpaired) electrons. The molecule has 2 N–H and O–H groups in total. The highest BCUT2D eigenvalue weighted by molar-refractivity contribution is 7.11. The van der Waals surface area contributed by atoms with Crippen molar-refractivity contribution >= 4 is 17.6 Å². The SMILES string of the molecule is CCC(CC)OC1=C(N)[C@@H](N=[N+]=[N-])CC(c2ccsc2C=O)C1. The number of hydrogen-bond acceptors (Lipinski definition) is 5. The molecule has 23 heavy (non-hydrogen) atoms. The number of ether oxygens (including phenoxy) is 1. The van der Waals surface area contributed by atoms with Gasteiger partial charge in [0.1, 0.15) is 5.76 Å². The highest BCUT2D eigenvalue weighted by Crippen LogP contribution is 2.39. The van der Waals surface area contributed by atoms with Crippen molar-refractivity contribution in [1.82, 2.24) is 0 Å². The van der Waals surface area contributed by atoms with Gasteiger partial charge in [0, 0.05) is 11.3 Å². The molecule has 2 rings (SSSR count). The van der Waals surface area contributed by atoms with Crippen molar-refractivity contribution in [3.05, 3.63) is 43.8 Å². The molecule has 0 spiro atoms. The van der Waals surface area contributed by atoms with Gasteiger partial charge >= 0.3 is 0 Å². The number of azide groups is 1. The molecule has 1 unspecified atom stereocenters. The fraction of sp³-hybridized carbons (Fsp3) is 0.562. The molecule has 6 nitrogen and oxygen atoms in total. The highest BCUT2D eigenvalue weighted by Gasteiger charge is 2.31. The molecular formula is C16H22N4O2S. The minimum absolute atomic E-state index is 0.0774. The van der Waals surface area contributed by atoms with Crippen molar-refractivity contribution in [2.75, 3.05) is 0 Å². The van der Waals surface area contributed by atoms with Gasteiger partial charge in [-0.3, -0.25) is 4.79 Å². The zero-order valence-corrected chi connectivity index (χ0v) is 14.3. The van der Waals surface area contributed by atoms with Gasteiger partial charge in [0.15, 0.2) is 6.29 Å². The van der Waals surface area contributed by atoms with Gasteiger partial charge in [0.25, 0.3) is 0 Å². The number of hydrogen-bond donors (Lipinski definition) is 1. The van der Waals surface area contributed by atoms with Gasteiger partial charge in [-0.25, -0.2) is 0 Å². The zero-order chi connectivity index (χ0) is 16.8. The number of thiophene rings is 1. The number of rotatable bonds is 7. The van der Waals surface area contributed by atoms with E-state index in [9.17, 15) is 4.79 Å². The molecular weight excluding hydrogens is 312 g/mol. The molecule has 1 aliphatic carbocycles. The lowest BCUT2D eigenvalue weighted by Gasteiger charge is -2.31. The van der Waals surface area contributed by atoms with Gasteiger partial charge in [0.05, 0.1) is 22.7 Å². The third-order valence-corrected chi connectivity index (χ3v) is 5.16. The van der Waals surface area contributed by atoms with Crippen molar-refractivity contribution in [3.63, 3.8) is 0 Å². The van der Waals surface area contributed by atoms with Gasteiger partial charge in [-0.15, -0.1) is 11.3 Å². The fourth-order valence-corrected chi connectivity index (χ4v) is 3.74. The lowest BCUT2D eigenvalue weighted by atomic mass is 9.83. The Kier molecular flexibility index (Phi) is 6.07. The molecule has 0 saturated heterocycles. The van der Waals surface area contributed by atoms with Crippen molar-refractivity contribution in [2.24, 2.45) is 10.8 Å². The summed E-state index contributed by atoms with van der Waals surface area (Å²) in [6.07, 6.45) is 4.00. The maximum atomic E-state index is 11.2. The summed E-state index contributed by atoms with van der Waals surface area (Å²) in [5.74, 6) is 0.781. The van der Waals surface area contributed by atoms with Crippen LogP contribution in [0.4, 0.5) is 0 Å². The molecule has 1 aromatic heterocycles. The molecule has 2 atom stereocenters. The van der Waals surface area contributed by atoms with Crippen LogP contribution < -0.4 is 5.73 Å². The summed E-state index contributed by atoms with van der Waals surface area (Å²) in [6.45, 7) is 4.14. The van der Waals surface area contributed by atoms with Crippen LogP contribution in [-0.4, -0.2) is 18.4 Å². The highest BCUT2D eigenvalue weighted by atomic mass is 32.1. The van der Waals surface area contributed by atoms with Crippen molar-refractivity contribution < 1.29 is 9.53 Å². The first kappa shape index (κ1) is 17.4. The normalized spacial score (nSPS) is 21.2. The second-order valence-electron chi connectivity index (χ2n) is 5.65. The Morgan fingerprint density at radius 1 is 1.57 bits per heavy atom. The Labute approximate surface area is 140 Å². The predicted octanol–water partition coefficient (Wildman–Crippen LogP) is 4.49. The topological polar surface area (TPSA) is 101 Å². The van der Waals surface area contributed by atoms with Crippen molar-refractivity contribution in [3.8, 4) is 0 Å². The summed E-state index contributed by atoms with van der Waals surface area (Å²) in [7, 11) is 0. The van der Waals surface area contributed by atoms with Crippen LogP contribution in [-0.2, 0) is 4.74 Å². The average Bonchev–Trinajstić information content (AvgIpc) is 3.04. The quantitative estimate of drug-likeness (QED) is 0.344. The van der Waals surface area contributed by atoms with Crippen LogP contribution in [0.1, 0.15) is 60.7 Å². The van der Waals surface area contributed by atoms with Crippen molar-refractivity contribution in [1.29, 1.82) is 0 Å². The number of carbonyl (C=O) groups excluding carboxylic acids is 1. The largest absolute Gasteiger partial charge is 0.493 e. The van der Waals surface area contributed by atoms with Crippen molar-refractivity contribution in [2.45, 2.75) is 57.6 Å². The van der Waals surface area contributed by atoms with Crippen LogP contribution in [0.3, 0.4) is 0 Å². The van der Waals surface area contributed by atoms with E-state index in [0.29, 0.717) is 24.3 Å². The predicted molar refractivity (Wildman–Crippen MR) is 91.3 cm³/mol. The van der Waals surface area contributed by atoms with Gasteiger partial charge < -0.3 is 10.5 Å². The van der Waals surface area contributed by atoms with E-state index < -0.39 is 6.04 Å². The average molecular weight is 334 g/mol. The molecule has 7 heteroatoms. The van der Waals surface area contributed by atoms with Crippen LogP contribution in [0.25, 0.3) is 10.4 Å². The molecule has 0 amide bonds. The Balaban J connectivity index is 2.32. The summed E-state index contributed by atoms with van der Waals surface area (Å²) in [6, 6.07) is 1.53. The number of aldehydes is 1. The summed E-state index contributed by atoms with van der Waals surface area (Å²) >= 11 is 1.42. The molecule has 0 aromatic carbocycles. The van der Waals surface area contributed by atoms with Crippen LogP contribution in [0, 0.1) is 0 Å². The number of allylic oxidation sites excluding steroid dienone is 1. The van der Waals surface area contributed by atoms with Crippen LogP contribution in [0.2, 0.25) is 0 Å². The number of nitrogens with two attached hydrogens (primary N) is 1. The second kappa shape index (κ2) is 8.04. The zero-order valence-electron chi connectivity index (χ0n) is 13.4. The summed E-state index contributed by atoms with van der Waals surface area (Å²) < 4.78 is 6.07. The molecule has 124 valence electrons. The monoisotopic (exact) mass is 334 g/mol. The minimum atomic E-state index is -0.428. The minimum Gasteiger partial charge on any atom is -0.493 e. The first-order chi connectivity index (χ1) is 11.1. The summed E-state index contributed by atoms with van der Waals surface area (Å²) in [5.41, 5.74) is 16.5. The molecule has 0 fully saturated rings. The van der Waals surface area contributed by atoms with Crippen LogP contribution >= 0.6 is 11.3 Å². The van der Waals surface area contributed by atoms with E-state index in [1.54, 1.807) is 0 Å². The van der Waals surface area contributed by atoms with Crippen LogP contribution in [0.15, 0.2) is 28.0 Å². The van der Waals surface area contributed by atoms with E-state index in [1.807, 2.05) is 11.4 Å². The Bertz CT molecular complexity index is 630. The number of nitrogens with zero attached hydrogens (tertiary/aromatic N) is 3. The molecule has 0 aliphatic heterocycles. The van der Waals surface area contributed by atoms with E-state index in [0.717, 1.165) is 29.6 Å². The third kappa shape index (κ3) is 3.86. The standard InChI is InChI=1S/C16H22N4O2S/c1-3-11(4-2)22-14-8-10(7-13(16(14)17)19-20-18)12-5-6-23-15(12)9-21/h5-6,9-11,13H,3-4,7-8,17H2,1-2H3/t10?,13-/m0/s1. The van der Waals surface area contributed by atoms with Crippen LogP contribution in [0.5, 0.6) is 0 Å². The number of carbonyl (C=O) groups is 1.